The fraction of sp³-hybridized carbons (Fsp3) is 0.462. The maximum atomic E-state index is 13.7. The Hall–Kier alpha value is -1.58. The minimum atomic E-state index is -1.11. The normalized spacial score (nSPS) is 11.0. The van der Waals surface area contributed by atoms with Crippen molar-refractivity contribution in [2.75, 3.05) is 0 Å². The zero-order valence-corrected chi connectivity index (χ0v) is 10.5. The first-order valence-corrected chi connectivity index (χ1v) is 5.57. The molecule has 0 radical (unpaired) electrons. The quantitative estimate of drug-likeness (QED) is 0.876. The van der Waals surface area contributed by atoms with E-state index >= 15 is 0 Å². The Kier molecular flexibility index (Phi) is 4.10. The van der Waals surface area contributed by atoms with Crippen LogP contribution in [0.5, 0.6) is 5.75 Å². The number of carboxylic acids is 1. The Labute approximate surface area is 100 Å². The van der Waals surface area contributed by atoms with Gasteiger partial charge in [-0.3, -0.25) is 0 Å². The van der Waals surface area contributed by atoms with Gasteiger partial charge in [0.25, 0.3) is 0 Å². The first-order chi connectivity index (χ1) is 7.84. The first-order valence-electron chi connectivity index (χ1n) is 5.57. The third kappa shape index (κ3) is 2.96. The van der Waals surface area contributed by atoms with Crippen LogP contribution in [0.3, 0.4) is 0 Å². The van der Waals surface area contributed by atoms with Gasteiger partial charge < -0.3 is 9.84 Å². The van der Waals surface area contributed by atoms with Crippen LogP contribution in [0.25, 0.3) is 0 Å². The summed E-state index contributed by atoms with van der Waals surface area (Å²) in [5, 5.41) is 9.07. The van der Waals surface area contributed by atoms with Crippen molar-refractivity contribution in [3.8, 4) is 5.75 Å². The van der Waals surface area contributed by atoms with Crippen LogP contribution in [-0.2, 0) is 0 Å². The largest absolute Gasteiger partial charge is 0.490 e. The third-order valence-electron chi connectivity index (χ3n) is 2.30. The molecule has 94 valence electrons. The number of ether oxygens (including phenoxy) is 1. The lowest BCUT2D eigenvalue weighted by atomic mass is 9.98. The maximum absolute atomic E-state index is 13.7. The van der Waals surface area contributed by atoms with E-state index in [4.69, 9.17) is 9.84 Å². The molecule has 0 aliphatic rings. The van der Waals surface area contributed by atoms with Crippen LogP contribution in [0.4, 0.5) is 4.39 Å². The molecule has 0 aromatic heterocycles. The lowest BCUT2D eigenvalue weighted by molar-refractivity contribution is 0.0690. The molecular formula is C13H17FO3. The van der Waals surface area contributed by atoms with E-state index in [0.29, 0.717) is 5.56 Å². The molecule has 3 nitrogen and oxygen atoms in total. The molecule has 0 heterocycles. The predicted octanol–water partition coefficient (Wildman–Crippen LogP) is 3.43. The highest BCUT2D eigenvalue weighted by Crippen LogP contribution is 2.33. The summed E-state index contributed by atoms with van der Waals surface area (Å²) in [4.78, 5) is 11.1. The number of carbonyl (C=O) groups is 1. The van der Waals surface area contributed by atoms with Crippen molar-refractivity contribution in [2.24, 2.45) is 0 Å². The van der Waals surface area contributed by atoms with Crippen LogP contribution < -0.4 is 4.74 Å². The highest BCUT2D eigenvalue weighted by atomic mass is 19.1. The van der Waals surface area contributed by atoms with Gasteiger partial charge in [0.2, 0.25) is 0 Å². The molecule has 1 rings (SSSR count). The molecule has 1 aromatic carbocycles. The summed E-state index contributed by atoms with van der Waals surface area (Å²) in [6.07, 6.45) is -0.201. The third-order valence-corrected chi connectivity index (χ3v) is 2.30. The van der Waals surface area contributed by atoms with Gasteiger partial charge in [-0.2, -0.15) is 0 Å². The topological polar surface area (TPSA) is 46.5 Å². The number of hydrogen-bond donors (Lipinski definition) is 1. The maximum Gasteiger partial charge on any atom is 0.339 e. The summed E-state index contributed by atoms with van der Waals surface area (Å²) < 4.78 is 19.2. The van der Waals surface area contributed by atoms with Crippen molar-refractivity contribution >= 4 is 5.97 Å². The predicted molar refractivity (Wildman–Crippen MR) is 63.2 cm³/mol. The summed E-state index contributed by atoms with van der Waals surface area (Å²) in [7, 11) is 0. The SMILES string of the molecule is CC(C)Oc1c(C(=O)O)ccc(F)c1C(C)C. The van der Waals surface area contributed by atoms with E-state index in [0.717, 1.165) is 0 Å². The molecule has 0 spiro atoms. The monoisotopic (exact) mass is 240 g/mol. The second kappa shape index (κ2) is 5.17. The Morgan fingerprint density at radius 2 is 1.88 bits per heavy atom. The van der Waals surface area contributed by atoms with Gasteiger partial charge in [0.05, 0.1) is 6.10 Å². The van der Waals surface area contributed by atoms with E-state index in [9.17, 15) is 9.18 Å². The van der Waals surface area contributed by atoms with Gasteiger partial charge >= 0.3 is 5.97 Å². The molecule has 0 amide bonds. The van der Waals surface area contributed by atoms with Crippen molar-refractivity contribution in [3.05, 3.63) is 29.1 Å². The van der Waals surface area contributed by atoms with Crippen LogP contribution in [0.2, 0.25) is 0 Å². The second-order valence-corrected chi connectivity index (χ2v) is 4.46. The van der Waals surface area contributed by atoms with E-state index in [1.807, 2.05) is 0 Å². The van der Waals surface area contributed by atoms with Crippen LogP contribution in [0, 0.1) is 5.82 Å². The van der Waals surface area contributed by atoms with Gasteiger partial charge in [-0.05, 0) is 31.9 Å². The van der Waals surface area contributed by atoms with Gasteiger partial charge in [0, 0.05) is 5.56 Å². The number of halogens is 1. The molecule has 1 N–H and O–H groups in total. The zero-order valence-electron chi connectivity index (χ0n) is 10.5. The second-order valence-electron chi connectivity index (χ2n) is 4.46. The number of carboxylic acid groups (broad SMARTS) is 1. The average Bonchev–Trinajstić information content (AvgIpc) is 2.15. The van der Waals surface area contributed by atoms with E-state index in [-0.39, 0.29) is 23.3 Å². The molecule has 1 aromatic rings. The molecule has 0 unspecified atom stereocenters. The molecule has 0 saturated carbocycles. The summed E-state index contributed by atoms with van der Waals surface area (Å²) >= 11 is 0. The molecule has 0 bridgehead atoms. The molecular weight excluding hydrogens is 223 g/mol. The summed E-state index contributed by atoms with van der Waals surface area (Å²) in [6.45, 7) is 7.16. The fourth-order valence-electron chi connectivity index (χ4n) is 1.64. The van der Waals surface area contributed by atoms with E-state index in [1.165, 1.54) is 12.1 Å². The van der Waals surface area contributed by atoms with Crippen molar-refractivity contribution in [3.63, 3.8) is 0 Å². The molecule has 0 atom stereocenters. The van der Waals surface area contributed by atoms with Crippen molar-refractivity contribution < 1.29 is 19.0 Å². The van der Waals surface area contributed by atoms with Gasteiger partial charge in [0.1, 0.15) is 17.1 Å². The van der Waals surface area contributed by atoms with Crippen molar-refractivity contribution in [1.29, 1.82) is 0 Å². The minimum Gasteiger partial charge on any atom is -0.490 e. The molecule has 0 aliphatic carbocycles. The Balaban J connectivity index is 3.44. The van der Waals surface area contributed by atoms with Crippen LogP contribution >= 0.6 is 0 Å². The Morgan fingerprint density at radius 1 is 1.29 bits per heavy atom. The molecule has 0 saturated heterocycles. The first kappa shape index (κ1) is 13.5. The van der Waals surface area contributed by atoms with Gasteiger partial charge in [-0.15, -0.1) is 0 Å². The fourth-order valence-corrected chi connectivity index (χ4v) is 1.64. The molecule has 0 fully saturated rings. The molecule has 17 heavy (non-hydrogen) atoms. The van der Waals surface area contributed by atoms with Crippen LogP contribution in [0.15, 0.2) is 12.1 Å². The molecule has 0 aliphatic heterocycles. The summed E-state index contributed by atoms with van der Waals surface area (Å²) in [5.74, 6) is -1.53. The van der Waals surface area contributed by atoms with Crippen molar-refractivity contribution in [1.82, 2.24) is 0 Å². The van der Waals surface area contributed by atoms with Crippen LogP contribution in [0.1, 0.15) is 49.5 Å². The number of rotatable bonds is 4. The average molecular weight is 240 g/mol. The molecule has 4 heteroatoms. The number of benzene rings is 1. The number of aromatic carboxylic acids is 1. The highest BCUT2D eigenvalue weighted by molar-refractivity contribution is 5.91. The lowest BCUT2D eigenvalue weighted by Gasteiger charge is -2.19. The lowest BCUT2D eigenvalue weighted by Crippen LogP contribution is -2.13. The summed E-state index contributed by atoms with van der Waals surface area (Å²) in [5.41, 5.74) is 0.322. The van der Waals surface area contributed by atoms with Gasteiger partial charge in [-0.1, -0.05) is 13.8 Å². The smallest absolute Gasteiger partial charge is 0.339 e. The van der Waals surface area contributed by atoms with E-state index in [1.54, 1.807) is 27.7 Å². The Morgan fingerprint density at radius 3 is 2.29 bits per heavy atom. The standard InChI is InChI=1S/C13H17FO3/c1-7(2)11-10(14)6-5-9(13(15)16)12(11)17-8(3)4/h5-8H,1-4H3,(H,15,16). The Bertz CT molecular complexity index is 425. The summed E-state index contributed by atoms with van der Waals surface area (Å²) in [6, 6.07) is 2.41. The number of hydrogen-bond acceptors (Lipinski definition) is 2. The van der Waals surface area contributed by atoms with Crippen LogP contribution in [-0.4, -0.2) is 17.2 Å². The highest BCUT2D eigenvalue weighted by Gasteiger charge is 2.22. The van der Waals surface area contributed by atoms with Gasteiger partial charge in [0.15, 0.2) is 0 Å². The van der Waals surface area contributed by atoms with Crippen molar-refractivity contribution in [2.45, 2.75) is 39.7 Å². The minimum absolute atomic E-state index is 0.00352. The van der Waals surface area contributed by atoms with E-state index < -0.39 is 11.8 Å². The zero-order chi connectivity index (χ0) is 13.2. The van der Waals surface area contributed by atoms with E-state index in [2.05, 4.69) is 0 Å². The van der Waals surface area contributed by atoms with Gasteiger partial charge in [-0.25, -0.2) is 9.18 Å².